The first-order valence-electron chi connectivity index (χ1n) is 6.81. The van der Waals surface area contributed by atoms with Gasteiger partial charge in [-0.15, -0.1) is 0 Å². The first-order valence-corrected chi connectivity index (χ1v) is 6.81. The fourth-order valence-electron chi connectivity index (χ4n) is 2.74. The van der Waals surface area contributed by atoms with E-state index < -0.39 is 0 Å². The first-order chi connectivity index (χ1) is 9.25. The van der Waals surface area contributed by atoms with Crippen molar-refractivity contribution < 1.29 is 0 Å². The maximum absolute atomic E-state index is 2.40. The largest absolute Gasteiger partial charge is 0.295 e. The van der Waals surface area contributed by atoms with Crippen molar-refractivity contribution in [3.8, 4) is 0 Å². The van der Waals surface area contributed by atoms with E-state index in [-0.39, 0.29) is 0 Å². The molecule has 0 saturated carbocycles. The van der Waals surface area contributed by atoms with E-state index in [1.807, 2.05) is 0 Å². The summed E-state index contributed by atoms with van der Waals surface area (Å²) in [7, 11) is 2.19. The number of hydrogen-bond acceptors (Lipinski definition) is 1. The van der Waals surface area contributed by atoms with E-state index in [9.17, 15) is 0 Å². The normalized spacial score (nSPS) is 21.4. The molecule has 2 aromatic rings. The molecule has 1 heteroatoms. The average molecular weight is 249 g/mol. The summed E-state index contributed by atoms with van der Waals surface area (Å²) in [5.41, 5.74) is 5.51. The molecule has 0 aliphatic carbocycles. The van der Waals surface area contributed by atoms with Crippen LogP contribution in [0.15, 0.2) is 54.6 Å². The van der Waals surface area contributed by atoms with Gasteiger partial charge in [0.1, 0.15) is 0 Å². The molecule has 19 heavy (non-hydrogen) atoms. The average Bonchev–Trinajstić information content (AvgIpc) is 2.45. The van der Waals surface area contributed by atoms with Gasteiger partial charge in [-0.1, -0.05) is 54.6 Å². The highest BCUT2D eigenvalue weighted by Gasteiger charge is 2.23. The van der Waals surface area contributed by atoms with Gasteiger partial charge >= 0.3 is 0 Å². The van der Waals surface area contributed by atoms with Gasteiger partial charge in [0.05, 0.1) is 0 Å². The molecule has 1 nitrogen and oxygen atoms in total. The van der Waals surface area contributed by atoms with Crippen LogP contribution >= 0.6 is 0 Å². The Labute approximate surface area is 115 Å². The van der Waals surface area contributed by atoms with Crippen LogP contribution in [0, 0.1) is 0 Å². The van der Waals surface area contributed by atoms with Crippen molar-refractivity contribution >= 4 is 11.6 Å². The van der Waals surface area contributed by atoms with Gasteiger partial charge in [-0.25, -0.2) is 0 Å². The third-order valence-electron chi connectivity index (χ3n) is 3.98. The molecule has 0 radical (unpaired) electrons. The van der Waals surface area contributed by atoms with Crippen molar-refractivity contribution in [1.82, 2.24) is 4.90 Å². The third-order valence-corrected chi connectivity index (χ3v) is 3.98. The van der Waals surface area contributed by atoms with Gasteiger partial charge in [0.15, 0.2) is 0 Å². The summed E-state index contributed by atoms with van der Waals surface area (Å²) in [5.74, 6) is 0. The molecule has 0 N–H and O–H groups in total. The van der Waals surface area contributed by atoms with E-state index in [0.29, 0.717) is 6.04 Å². The van der Waals surface area contributed by atoms with Crippen LogP contribution in [-0.2, 0) is 6.54 Å². The summed E-state index contributed by atoms with van der Waals surface area (Å²) in [6.45, 7) is 3.31. The molecule has 0 aromatic heterocycles. The Morgan fingerprint density at radius 1 is 1.00 bits per heavy atom. The zero-order valence-electron chi connectivity index (χ0n) is 11.5. The summed E-state index contributed by atoms with van der Waals surface area (Å²) in [6.07, 6.45) is 2.32. The molecule has 1 aliphatic rings. The second kappa shape index (κ2) is 5.02. The van der Waals surface area contributed by atoms with Gasteiger partial charge < -0.3 is 0 Å². The summed E-state index contributed by atoms with van der Waals surface area (Å²) in [4.78, 5) is 2.40. The SMILES string of the molecule is C[C@@H]1/C(=C\c2ccccc2)c2ccccc2CN1C. The van der Waals surface area contributed by atoms with Gasteiger partial charge in [-0.2, -0.15) is 0 Å². The molecular formula is C18H19N. The second-order valence-corrected chi connectivity index (χ2v) is 5.26. The van der Waals surface area contributed by atoms with Crippen LogP contribution < -0.4 is 0 Å². The lowest BCUT2D eigenvalue weighted by Crippen LogP contribution is -2.34. The van der Waals surface area contributed by atoms with E-state index in [2.05, 4.69) is 79.5 Å². The van der Waals surface area contributed by atoms with E-state index in [0.717, 1.165) is 6.54 Å². The predicted octanol–water partition coefficient (Wildman–Crippen LogP) is 4.06. The fraction of sp³-hybridized carbons (Fsp3) is 0.222. The molecule has 0 saturated heterocycles. The molecule has 3 rings (SSSR count). The van der Waals surface area contributed by atoms with Gasteiger partial charge in [0, 0.05) is 12.6 Å². The minimum absolute atomic E-state index is 0.454. The topological polar surface area (TPSA) is 3.24 Å². The summed E-state index contributed by atoms with van der Waals surface area (Å²) < 4.78 is 0. The minimum Gasteiger partial charge on any atom is -0.295 e. The molecule has 1 aliphatic heterocycles. The second-order valence-electron chi connectivity index (χ2n) is 5.26. The van der Waals surface area contributed by atoms with Gasteiger partial charge in [-0.05, 0) is 42.3 Å². The minimum atomic E-state index is 0.454. The summed E-state index contributed by atoms with van der Waals surface area (Å²) >= 11 is 0. The molecule has 0 amide bonds. The van der Waals surface area contributed by atoms with Gasteiger partial charge in [0.25, 0.3) is 0 Å². The van der Waals surface area contributed by atoms with Crippen molar-refractivity contribution in [1.29, 1.82) is 0 Å². The quantitative estimate of drug-likeness (QED) is 0.736. The molecule has 0 bridgehead atoms. The Bertz CT molecular complexity index is 598. The molecule has 2 aromatic carbocycles. The molecular weight excluding hydrogens is 230 g/mol. The first kappa shape index (κ1) is 12.2. The monoisotopic (exact) mass is 249 g/mol. The van der Waals surface area contributed by atoms with Crippen molar-refractivity contribution in [3.05, 3.63) is 71.3 Å². The Kier molecular flexibility index (Phi) is 3.22. The highest BCUT2D eigenvalue weighted by molar-refractivity contribution is 5.86. The van der Waals surface area contributed by atoms with Crippen LogP contribution in [0.4, 0.5) is 0 Å². The molecule has 1 heterocycles. The lowest BCUT2D eigenvalue weighted by atomic mass is 9.88. The lowest BCUT2D eigenvalue weighted by molar-refractivity contribution is 0.287. The number of fused-ring (bicyclic) bond motifs is 1. The van der Waals surface area contributed by atoms with Crippen LogP contribution in [0.25, 0.3) is 11.6 Å². The maximum atomic E-state index is 2.40. The number of nitrogens with zero attached hydrogens (tertiary/aromatic N) is 1. The standard InChI is InChI=1S/C18H19N/c1-14-18(12-15-8-4-3-5-9-15)17-11-7-6-10-16(17)13-19(14)2/h3-12,14H,13H2,1-2H3/b18-12+/t14-/m1/s1. The zero-order chi connectivity index (χ0) is 13.2. The molecule has 1 atom stereocenters. The van der Waals surface area contributed by atoms with Crippen LogP contribution in [0.3, 0.4) is 0 Å². The summed E-state index contributed by atoms with van der Waals surface area (Å²) in [5, 5.41) is 0. The van der Waals surface area contributed by atoms with E-state index in [1.165, 1.54) is 22.3 Å². The molecule has 96 valence electrons. The van der Waals surface area contributed by atoms with E-state index in [1.54, 1.807) is 0 Å². The number of rotatable bonds is 1. The smallest absolute Gasteiger partial charge is 0.0326 e. The summed E-state index contributed by atoms with van der Waals surface area (Å²) in [6, 6.07) is 19.8. The highest BCUT2D eigenvalue weighted by Crippen LogP contribution is 2.32. The maximum Gasteiger partial charge on any atom is 0.0326 e. The van der Waals surface area contributed by atoms with Crippen LogP contribution in [0.2, 0.25) is 0 Å². The molecule has 0 fully saturated rings. The zero-order valence-corrected chi connectivity index (χ0v) is 11.5. The van der Waals surface area contributed by atoms with Crippen molar-refractivity contribution in [2.75, 3.05) is 7.05 Å². The van der Waals surface area contributed by atoms with E-state index >= 15 is 0 Å². The number of benzene rings is 2. The van der Waals surface area contributed by atoms with Gasteiger partial charge in [0.2, 0.25) is 0 Å². The van der Waals surface area contributed by atoms with Crippen molar-refractivity contribution in [2.45, 2.75) is 19.5 Å². The van der Waals surface area contributed by atoms with Crippen LogP contribution in [-0.4, -0.2) is 18.0 Å². The molecule has 0 spiro atoms. The van der Waals surface area contributed by atoms with Crippen molar-refractivity contribution in [3.63, 3.8) is 0 Å². The fourth-order valence-corrected chi connectivity index (χ4v) is 2.74. The highest BCUT2D eigenvalue weighted by atomic mass is 15.1. The Morgan fingerprint density at radius 3 is 2.47 bits per heavy atom. The predicted molar refractivity (Wildman–Crippen MR) is 81.7 cm³/mol. The molecule has 0 unspecified atom stereocenters. The van der Waals surface area contributed by atoms with Crippen molar-refractivity contribution in [2.24, 2.45) is 0 Å². The van der Waals surface area contributed by atoms with E-state index in [4.69, 9.17) is 0 Å². The lowest BCUT2D eigenvalue weighted by Gasteiger charge is -2.34. The Morgan fingerprint density at radius 2 is 1.68 bits per heavy atom. The van der Waals surface area contributed by atoms with Crippen LogP contribution in [0.5, 0.6) is 0 Å². The number of hydrogen-bond donors (Lipinski definition) is 0. The Hall–Kier alpha value is -1.86. The Balaban J connectivity index is 2.11. The van der Waals surface area contributed by atoms with Crippen LogP contribution in [0.1, 0.15) is 23.6 Å². The number of likely N-dealkylation sites (N-methyl/N-ethyl adjacent to an activating group) is 1. The van der Waals surface area contributed by atoms with Gasteiger partial charge in [-0.3, -0.25) is 4.90 Å². The third kappa shape index (κ3) is 2.34.